The molecule has 1 aliphatic heterocycles. The van der Waals surface area contributed by atoms with E-state index in [0.717, 1.165) is 4.90 Å². The van der Waals surface area contributed by atoms with Crippen molar-refractivity contribution in [3.63, 3.8) is 0 Å². The number of benzene rings is 1. The normalized spacial score (nSPS) is 15.8. The number of nitrogens with one attached hydrogen (secondary N) is 1. The van der Waals surface area contributed by atoms with Crippen LogP contribution in [-0.2, 0) is 19.1 Å². The molecule has 0 aliphatic carbocycles. The van der Waals surface area contributed by atoms with Crippen molar-refractivity contribution in [2.24, 2.45) is 5.92 Å². The first-order valence-electron chi connectivity index (χ1n) is 9.63. The third kappa shape index (κ3) is 6.65. The Balaban J connectivity index is 1.87. The fraction of sp³-hybridized carbons (Fsp3) is 0.476. The van der Waals surface area contributed by atoms with E-state index in [1.54, 1.807) is 17.9 Å². The van der Waals surface area contributed by atoms with Gasteiger partial charge < -0.3 is 15.0 Å². The summed E-state index contributed by atoms with van der Waals surface area (Å²) in [6, 6.07) is 3.41. The highest BCUT2D eigenvalue weighted by atomic mass is 35.5. The number of rotatable bonds is 7. The van der Waals surface area contributed by atoms with Crippen LogP contribution in [0.5, 0.6) is 0 Å². The lowest BCUT2D eigenvalue weighted by Crippen LogP contribution is -2.44. The van der Waals surface area contributed by atoms with E-state index in [0.29, 0.717) is 41.5 Å². The van der Waals surface area contributed by atoms with Gasteiger partial charge in [0.15, 0.2) is 0 Å². The van der Waals surface area contributed by atoms with E-state index in [1.165, 1.54) is 24.9 Å². The van der Waals surface area contributed by atoms with E-state index in [-0.39, 0.29) is 36.2 Å². The Morgan fingerprint density at radius 1 is 1.27 bits per heavy atom. The highest BCUT2D eigenvalue weighted by molar-refractivity contribution is 7.98. The van der Waals surface area contributed by atoms with Gasteiger partial charge in [0, 0.05) is 36.0 Å². The zero-order chi connectivity index (χ0) is 22.3. The fourth-order valence-electron chi connectivity index (χ4n) is 3.21. The predicted octanol–water partition coefficient (Wildman–Crippen LogP) is 4.03. The number of amides is 2. The number of nitrogens with zero attached hydrogens (tertiary/aromatic N) is 1. The molecule has 164 valence electrons. The van der Waals surface area contributed by atoms with Gasteiger partial charge in [-0.05, 0) is 43.7 Å². The summed E-state index contributed by atoms with van der Waals surface area (Å²) in [6.07, 6.45) is 6.34. The van der Waals surface area contributed by atoms with Gasteiger partial charge in [-0.1, -0.05) is 29.3 Å². The smallest absolute Gasteiger partial charge is 0.307 e. The maximum absolute atomic E-state index is 12.5. The molecule has 1 aliphatic rings. The molecular weight excluding hydrogens is 447 g/mol. The Labute approximate surface area is 191 Å². The van der Waals surface area contributed by atoms with Gasteiger partial charge in [-0.25, -0.2) is 0 Å². The quantitative estimate of drug-likeness (QED) is 0.368. The Hall–Kier alpha value is -1.70. The molecule has 1 heterocycles. The van der Waals surface area contributed by atoms with Crippen LogP contribution in [0.15, 0.2) is 23.1 Å². The monoisotopic (exact) mass is 472 g/mol. The third-order valence-corrected chi connectivity index (χ3v) is 6.76. The molecule has 0 bridgehead atoms. The van der Waals surface area contributed by atoms with Crippen molar-refractivity contribution in [2.75, 3.05) is 26.5 Å². The molecule has 1 aromatic rings. The Bertz CT molecular complexity index is 823. The van der Waals surface area contributed by atoms with E-state index in [2.05, 4.69) is 10.1 Å². The number of hydrogen-bond acceptors (Lipinski definition) is 5. The molecule has 1 atom stereocenters. The summed E-state index contributed by atoms with van der Waals surface area (Å²) in [5.74, 6) is -0.761. The van der Waals surface area contributed by atoms with Gasteiger partial charge >= 0.3 is 5.97 Å². The average Bonchev–Trinajstić information content (AvgIpc) is 2.74. The Morgan fingerprint density at radius 3 is 2.53 bits per heavy atom. The molecule has 0 aromatic heterocycles. The van der Waals surface area contributed by atoms with E-state index >= 15 is 0 Å². The predicted molar refractivity (Wildman–Crippen MR) is 121 cm³/mol. The number of piperidine rings is 1. The first-order chi connectivity index (χ1) is 14.3. The van der Waals surface area contributed by atoms with Crippen LogP contribution in [0.2, 0.25) is 10.0 Å². The highest BCUT2D eigenvalue weighted by Gasteiger charge is 2.27. The van der Waals surface area contributed by atoms with Gasteiger partial charge in [-0.2, -0.15) is 0 Å². The number of ether oxygens (including phenoxy) is 1. The van der Waals surface area contributed by atoms with Gasteiger partial charge in [0.1, 0.15) is 0 Å². The summed E-state index contributed by atoms with van der Waals surface area (Å²) in [6.45, 7) is 2.75. The lowest BCUT2D eigenvalue weighted by molar-refractivity contribution is -0.141. The first-order valence-corrected chi connectivity index (χ1v) is 11.6. The number of hydrogen-bond donors (Lipinski definition) is 1. The van der Waals surface area contributed by atoms with Crippen molar-refractivity contribution >= 4 is 58.8 Å². The number of halogens is 2. The van der Waals surface area contributed by atoms with Gasteiger partial charge in [0.2, 0.25) is 11.8 Å². The fourth-order valence-corrected chi connectivity index (χ4v) is 4.38. The molecular formula is C21H26Cl2N2O4S. The molecule has 30 heavy (non-hydrogen) atoms. The van der Waals surface area contributed by atoms with Crippen LogP contribution in [0.25, 0.3) is 6.08 Å². The summed E-state index contributed by atoms with van der Waals surface area (Å²) in [5.41, 5.74) is 0.682. The van der Waals surface area contributed by atoms with Crippen LogP contribution in [0.1, 0.15) is 31.7 Å². The van der Waals surface area contributed by atoms with Crippen molar-refractivity contribution in [3.8, 4) is 0 Å². The first kappa shape index (κ1) is 24.6. The largest absolute Gasteiger partial charge is 0.469 e. The third-order valence-electron chi connectivity index (χ3n) is 4.97. The zero-order valence-electron chi connectivity index (χ0n) is 17.2. The van der Waals surface area contributed by atoms with E-state index < -0.39 is 0 Å². The molecule has 1 saturated heterocycles. The number of carbonyl (C=O) groups is 3. The number of thioether (sulfide) groups is 1. The zero-order valence-corrected chi connectivity index (χ0v) is 19.6. The average molecular weight is 473 g/mol. The topological polar surface area (TPSA) is 75.7 Å². The molecule has 1 fully saturated rings. The van der Waals surface area contributed by atoms with Crippen LogP contribution >= 0.6 is 35.0 Å². The molecule has 6 nitrogen and oxygen atoms in total. The Morgan fingerprint density at radius 2 is 1.93 bits per heavy atom. The molecule has 1 aromatic carbocycles. The molecule has 0 saturated carbocycles. The maximum Gasteiger partial charge on any atom is 0.307 e. The second-order valence-electron chi connectivity index (χ2n) is 7.11. The van der Waals surface area contributed by atoms with E-state index in [1.807, 2.05) is 18.4 Å². The summed E-state index contributed by atoms with van der Waals surface area (Å²) in [4.78, 5) is 38.8. The number of likely N-dealkylation sites (tertiary alicyclic amines) is 1. The lowest BCUT2D eigenvalue weighted by atomic mass is 9.95. The molecule has 1 N–H and O–H groups in total. The van der Waals surface area contributed by atoms with Crippen LogP contribution in [0.3, 0.4) is 0 Å². The number of esters is 1. The number of carbonyl (C=O) groups excluding carboxylic acids is 3. The van der Waals surface area contributed by atoms with Crippen molar-refractivity contribution in [1.82, 2.24) is 10.2 Å². The van der Waals surface area contributed by atoms with E-state index in [4.69, 9.17) is 23.2 Å². The second kappa shape index (κ2) is 11.6. The van der Waals surface area contributed by atoms with Crippen molar-refractivity contribution in [1.29, 1.82) is 0 Å². The molecule has 0 spiro atoms. The van der Waals surface area contributed by atoms with Crippen LogP contribution < -0.4 is 5.32 Å². The van der Waals surface area contributed by atoms with Crippen LogP contribution in [0.4, 0.5) is 0 Å². The van der Waals surface area contributed by atoms with Crippen molar-refractivity contribution in [3.05, 3.63) is 33.8 Å². The minimum Gasteiger partial charge on any atom is -0.469 e. The minimum absolute atomic E-state index is 0.0932. The van der Waals surface area contributed by atoms with Gasteiger partial charge in [-0.3, -0.25) is 14.4 Å². The molecule has 1 unspecified atom stereocenters. The maximum atomic E-state index is 12.5. The van der Waals surface area contributed by atoms with Crippen LogP contribution in [-0.4, -0.2) is 55.2 Å². The SMILES string of the molecule is COC(=O)CC(C)NC(=O)C1CCN(C(=O)/C=C/c2ccc(SC)c(Cl)c2Cl)CC1. The molecule has 0 radical (unpaired) electrons. The standard InChI is InChI=1S/C21H26Cl2N2O4S/c1-13(12-18(27)29-2)24-21(28)15-8-10-25(11-9-15)17(26)7-5-14-4-6-16(30-3)20(23)19(14)22/h4-7,13,15H,8-12H2,1-3H3,(H,24,28)/b7-5+. The van der Waals surface area contributed by atoms with Crippen molar-refractivity contribution in [2.45, 2.75) is 37.1 Å². The number of methoxy groups -OCH3 is 1. The summed E-state index contributed by atoms with van der Waals surface area (Å²) in [7, 11) is 1.32. The summed E-state index contributed by atoms with van der Waals surface area (Å²) < 4.78 is 4.61. The van der Waals surface area contributed by atoms with Gasteiger partial charge in [-0.15, -0.1) is 11.8 Å². The van der Waals surface area contributed by atoms with Crippen LogP contribution in [0, 0.1) is 5.92 Å². The Kier molecular flexibility index (Phi) is 9.52. The molecule has 2 rings (SSSR count). The molecule has 2 amide bonds. The van der Waals surface area contributed by atoms with Gasteiger partial charge in [0.25, 0.3) is 0 Å². The van der Waals surface area contributed by atoms with E-state index in [9.17, 15) is 14.4 Å². The second-order valence-corrected chi connectivity index (χ2v) is 8.71. The minimum atomic E-state index is -0.362. The van der Waals surface area contributed by atoms with Crippen molar-refractivity contribution < 1.29 is 19.1 Å². The lowest BCUT2D eigenvalue weighted by Gasteiger charge is -2.31. The van der Waals surface area contributed by atoms with Gasteiger partial charge in [0.05, 0.1) is 23.6 Å². The highest BCUT2D eigenvalue weighted by Crippen LogP contribution is 2.35. The summed E-state index contributed by atoms with van der Waals surface area (Å²) >= 11 is 14.0. The summed E-state index contributed by atoms with van der Waals surface area (Å²) in [5, 5.41) is 3.74. The molecule has 9 heteroatoms.